The fourth-order valence-electron chi connectivity index (χ4n) is 1.21. The molecular formula is C14H24N4O2. The van der Waals surface area contributed by atoms with Gasteiger partial charge in [0.1, 0.15) is 0 Å². The smallest absolute Gasteiger partial charge is 0.232 e. The van der Waals surface area contributed by atoms with Gasteiger partial charge in [0.25, 0.3) is 0 Å². The van der Waals surface area contributed by atoms with E-state index < -0.39 is 0 Å². The lowest BCUT2D eigenvalue weighted by Crippen LogP contribution is -2.13. The van der Waals surface area contributed by atoms with Crippen LogP contribution in [-0.2, 0) is 10.8 Å². The molecule has 0 N–H and O–H groups in total. The molecular weight excluding hydrogens is 256 g/mol. The predicted molar refractivity (Wildman–Crippen MR) is 75.5 cm³/mol. The molecule has 2 heterocycles. The molecule has 0 radical (unpaired) electrons. The number of hydrogen-bond donors (Lipinski definition) is 0. The van der Waals surface area contributed by atoms with Crippen molar-refractivity contribution in [1.82, 2.24) is 20.3 Å². The third kappa shape index (κ3) is 4.75. The zero-order chi connectivity index (χ0) is 15.6. The average Bonchev–Trinajstić information content (AvgIpc) is 2.85. The van der Waals surface area contributed by atoms with Gasteiger partial charge < -0.3 is 9.05 Å². The summed E-state index contributed by atoms with van der Waals surface area (Å²) in [6, 6.07) is 0. The van der Waals surface area contributed by atoms with Crippen molar-refractivity contribution in [2.45, 2.75) is 66.2 Å². The van der Waals surface area contributed by atoms with Gasteiger partial charge in [0.2, 0.25) is 11.8 Å². The van der Waals surface area contributed by atoms with Crippen LogP contribution >= 0.6 is 0 Å². The van der Waals surface area contributed by atoms with Crippen molar-refractivity contribution in [3.05, 3.63) is 23.4 Å². The van der Waals surface area contributed by atoms with Gasteiger partial charge in [0.05, 0.1) is 0 Å². The second-order valence-corrected chi connectivity index (χ2v) is 6.78. The Hall–Kier alpha value is -1.72. The Labute approximate surface area is 120 Å². The van der Waals surface area contributed by atoms with Crippen LogP contribution in [0.15, 0.2) is 9.05 Å². The molecule has 0 spiro atoms. The minimum absolute atomic E-state index is 0.00222. The first kappa shape index (κ1) is 16.3. The molecule has 0 amide bonds. The van der Waals surface area contributed by atoms with Gasteiger partial charge in [-0.05, 0) is 6.92 Å². The Kier molecular flexibility index (Phi) is 4.68. The molecule has 0 aliphatic carbocycles. The van der Waals surface area contributed by atoms with Crippen LogP contribution in [0.1, 0.15) is 65.0 Å². The third-order valence-corrected chi connectivity index (χ3v) is 2.37. The van der Waals surface area contributed by atoms with E-state index in [1.54, 1.807) is 6.92 Å². The zero-order valence-corrected chi connectivity index (χ0v) is 13.6. The molecule has 0 fully saturated rings. The normalized spacial score (nSPS) is 12.0. The average molecular weight is 280 g/mol. The minimum Gasteiger partial charge on any atom is -0.340 e. The number of rotatable bonds is 0. The largest absolute Gasteiger partial charge is 0.340 e. The molecule has 2 rings (SSSR count). The van der Waals surface area contributed by atoms with Crippen LogP contribution in [-0.4, -0.2) is 20.3 Å². The summed E-state index contributed by atoms with van der Waals surface area (Å²) in [7, 11) is 0. The van der Waals surface area contributed by atoms with E-state index in [1.807, 2.05) is 27.7 Å². The summed E-state index contributed by atoms with van der Waals surface area (Å²) >= 11 is 0. The van der Waals surface area contributed by atoms with E-state index in [0.29, 0.717) is 17.6 Å². The Morgan fingerprint density at radius 1 is 0.750 bits per heavy atom. The molecule has 0 saturated carbocycles. The van der Waals surface area contributed by atoms with E-state index in [4.69, 9.17) is 9.05 Å². The molecule has 0 atom stereocenters. The predicted octanol–water partition coefficient (Wildman–Crippen LogP) is 3.35. The minimum atomic E-state index is -0.0265. The Bertz CT molecular complexity index is 494. The van der Waals surface area contributed by atoms with Gasteiger partial charge in [0.15, 0.2) is 11.6 Å². The van der Waals surface area contributed by atoms with Crippen molar-refractivity contribution in [3.8, 4) is 0 Å². The van der Waals surface area contributed by atoms with Crippen LogP contribution in [0.25, 0.3) is 0 Å². The molecule has 0 bridgehead atoms. The maximum atomic E-state index is 4.97. The van der Waals surface area contributed by atoms with Gasteiger partial charge >= 0.3 is 0 Å². The van der Waals surface area contributed by atoms with Gasteiger partial charge in [0, 0.05) is 17.8 Å². The first-order valence-corrected chi connectivity index (χ1v) is 6.62. The fourth-order valence-corrected chi connectivity index (χ4v) is 1.21. The SMILES string of the molecule is Cc1nc(C(C)(C)C)no1.Cc1noc(C(C)(C)C)n1. The maximum absolute atomic E-state index is 4.97. The first-order chi connectivity index (χ1) is 9.00. The van der Waals surface area contributed by atoms with Crippen molar-refractivity contribution >= 4 is 0 Å². The van der Waals surface area contributed by atoms with E-state index in [9.17, 15) is 0 Å². The van der Waals surface area contributed by atoms with Crippen molar-refractivity contribution < 1.29 is 9.05 Å². The maximum Gasteiger partial charge on any atom is 0.232 e. The highest BCUT2D eigenvalue weighted by atomic mass is 16.5. The highest BCUT2D eigenvalue weighted by Crippen LogP contribution is 2.19. The second-order valence-electron chi connectivity index (χ2n) is 6.78. The summed E-state index contributed by atoms with van der Waals surface area (Å²) in [4.78, 5) is 8.21. The molecule has 6 nitrogen and oxygen atoms in total. The number of hydrogen-bond acceptors (Lipinski definition) is 6. The van der Waals surface area contributed by atoms with E-state index >= 15 is 0 Å². The van der Waals surface area contributed by atoms with E-state index in [-0.39, 0.29) is 10.8 Å². The molecule has 0 saturated heterocycles. The summed E-state index contributed by atoms with van der Waals surface area (Å²) in [5, 5.41) is 7.50. The van der Waals surface area contributed by atoms with E-state index in [2.05, 4.69) is 41.1 Å². The highest BCUT2D eigenvalue weighted by Gasteiger charge is 2.20. The Morgan fingerprint density at radius 2 is 1.35 bits per heavy atom. The van der Waals surface area contributed by atoms with Crippen molar-refractivity contribution in [2.24, 2.45) is 0 Å². The lowest BCUT2D eigenvalue weighted by atomic mass is 9.96. The van der Waals surface area contributed by atoms with Crippen LogP contribution in [0.2, 0.25) is 0 Å². The molecule has 0 aromatic carbocycles. The van der Waals surface area contributed by atoms with Crippen LogP contribution in [0.5, 0.6) is 0 Å². The van der Waals surface area contributed by atoms with Crippen LogP contribution < -0.4 is 0 Å². The fraction of sp³-hybridized carbons (Fsp3) is 0.714. The monoisotopic (exact) mass is 280 g/mol. The molecule has 0 unspecified atom stereocenters. The van der Waals surface area contributed by atoms with Gasteiger partial charge in [-0.15, -0.1) is 0 Å². The lowest BCUT2D eigenvalue weighted by molar-refractivity contribution is 0.319. The molecule has 6 heteroatoms. The second kappa shape index (κ2) is 5.73. The molecule has 0 aliphatic rings. The highest BCUT2D eigenvalue weighted by molar-refractivity contribution is 4.99. The molecule has 0 aliphatic heterocycles. The summed E-state index contributed by atoms with van der Waals surface area (Å²) in [5.74, 6) is 2.80. The van der Waals surface area contributed by atoms with E-state index in [0.717, 1.165) is 5.82 Å². The van der Waals surface area contributed by atoms with Crippen molar-refractivity contribution in [2.75, 3.05) is 0 Å². The first-order valence-electron chi connectivity index (χ1n) is 6.62. The van der Waals surface area contributed by atoms with Gasteiger partial charge in [-0.2, -0.15) is 9.97 Å². The standard InChI is InChI=1S/2C7H12N2O/c1-5-8-6(9-10-5)7(2,3)4;1-5-8-6(10-9-5)7(2,3)4/h2*1-4H3. The summed E-state index contributed by atoms with van der Waals surface area (Å²) in [6.45, 7) is 15.9. The Morgan fingerprint density at radius 3 is 1.55 bits per heavy atom. The van der Waals surface area contributed by atoms with Crippen LogP contribution in [0.3, 0.4) is 0 Å². The quantitative estimate of drug-likeness (QED) is 0.736. The van der Waals surface area contributed by atoms with Crippen LogP contribution in [0.4, 0.5) is 0 Å². The van der Waals surface area contributed by atoms with Gasteiger partial charge in [-0.1, -0.05) is 51.9 Å². The number of aromatic nitrogens is 4. The van der Waals surface area contributed by atoms with Gasteiger partial charge in [-0.25, -0.2) is 0 Å². The lowest BCUT2D eigenvalue weighted by Gasteiger charge is -2.10. The number of aryl methyl sites for hydroxylation is 2. The molecule has 2 aromatic heterocycles. The molecule has 20 heavy (non-hydrogen) atoms. The van der Waals surface area contributed by atoms with Crippen LogP contribution in [0, 0.1) is 13.8 Å². The Balaban J connectivity index is 0.000000200. The third-order valence-electron chi connectivity index (χ3n) is 2.37. The topological polar surface area (TPSA) is 77.8 Å². The van der Waals surface area contributed by atoms with Gasteiger partial charge in [-0.3, -0.25) is 0 Å². The zero-order valence-electron chi connectivity index (χ0n) is 13.6. The molecule has 2 aromatic rings. The number of nitrogens with zero attached hydrogens (tertiary/aromatic N) is 4. The van der Waals surface area contributed by atoms with Crippen molar-refractivity contribution in [3.63, 3.8) is 0 Å². The van der Waals surface area contributed by atoms with E-state index in [1.165, 1.54) is 0 Å². The summed E-state index contributed by atoms with van der Waals surface area (Å²) in [6.07, 6.45) is 0. The summed E-state index contributed by atoms with van der Waals surface area (Å²) < 4.78 is 9.80. The molecule has 112 valence electrons. The van der Waals surface area contributed by atoms with Crippen molar-refractivity contribution in [1.29, 1.82) is 0 Å². The summed E-state index contributed by atoms with van der Waals surface area (Å²) in [5.41, 5.74) is -0.0288.